The molecule has 0 bridgehead atoms. The lowest BCUT2D eigenvalue weighted by Crippen LogP contribution is -2.39. The standard InChI is InChI=1S/C20H21F2N5O/c1-12-4-13(18-2-3-23-10-19(18)28)6-16(5-12)25-20-24-11-27(26-20)17-8-14(21)7-15(22)9-17/h4-9,11,18-19,23,28H,2-3,10H2,1H3,(H,25,26). The highest BCUT2D eigenvalue weighted by Crippen LogP contribution is 2.29. The lowest BCUT2D eigenvalue weighted by molar-refractivity contribution is 0.118. The first-order chi connectivity index (χ1) is 13.5. The van der Waals surface area contributed by atoms with E-state index >= 15 is 0 Å². The van der Waals surface area contributed by atoms with Gasteiger partial charge in [-0.05, 0) is 55.3 Å². The number of rotatable bonds is 4. The summed E-state index contributed by atoms with van der Waals surface area (Å²) in [5, 5.41) is 20.9. The van der Waals surface area contributed by atoms with Gasteiger partial charge < -0.3 is 15.7 Å². The van der Waals surface area contributed by atoms with Gasteiger partial charge in [-0.1, -0.05) is 6.07 Å². The minimum Gasteiger partial charge on any atom is -0.391 e. The van der Waals surface area contributed by atoms with Crippen LogP contribution in [0.5, 0.6) is 0 Å². The van der Waals surface area contributed by atoms with E-state index in [0.29, 0.717) is 12.5 Å². The van der Waals surface area contributed by atoms with E-state index < -0.39 is 17.7 Å². The van der Waals surface area contributed by atoms with Crippen LogP contribution in [0.25, 0.3) is 5.69 Å². The third-order valence-electron chi connectivity index (χ3n) is 4.84. The van der Waals surface area contributed by atoms with Crippen molar-refractivity contribution in [3.8, 4) is 5.69 Å². The first-order valence-electron chi connectivity index (χ1n) is 9.13. The van der Waals surface area contributed by atoms with Crippen LogP contribution in [-0.2, 0) is 0 Å². The molecule has 0 saturated carbocycles. The number of β-amino-alcohol motifs (C(OH)–C–C–N with tert-alkyl or cyclic N) is 1. The van der Waals surface area contributed by atoms with Crippen LogP contribution in [0, 0.1) is 18.6 Å². The van der Waals surface area contributed by atoms with Gasteiger partial charge in [-0.25, -0.2) is 13.5 Å². The van der Waals surface area contributed by atoms with Crippen molar-refractivity contribution in [1.82, 2.24) is 20.1 Å². The Bertz CT molecular complexity index is 970. The fraction of sp³-hybridized carbons (Fsp3) is 0.300. The molecule has 4 rings (SSSR count). The van der Waals surface area contributed by atoms with Crippen LogP contribution in [0.1, 0.15) is 23.5 Å². The highest BCUT2D eigenvalue weighted by molar-refractivity contribution is 5.56. The van der Waals surface area contributed by atoms with Crippen LogP contribution in [-0.4, -0.2) is 39.1 Å². The van der Waals surface area contributed by atoms with Gasteiger partial charge in [0.1, 0.15) is 18.0 Å². The number of benzene rings is 2. The molecule has 2 aromatic carbocycles. The molecule has 1 aliphatic rings. The minimum atomic E-state index is -0.677. The van der Waals surface area contributed by atoms with Gasteiger partial charge in [0.05, 0.1) is 11.8 Å². The topological polar surface area (TPSA) is 75.0 Å². The Morgan fingerprint density at radius 3 is 2.68 bits per heavy atom. The second-order valence-corrected chi connectivity index (χ2v) is 7.06. The predicted octanol–water partition coefficient (Wildman–Crippen LogP) is 3.04. The molecule has 0 amide bonds. The maximum atomic E-state index is 13.4. The summed E-state index contributed by atoms with van der Waals surface area (Å²) in [7, 11) is 0. The van der Waals surface area contributed by atoms with Gasteiger partial charge in [0.2, 0.25) is 5.95 Å². The molecule has 2 unspecified atom stereocenters. The second kappa shape index (κ2) is 7.65. The molecular formula is C20H21F2N5O. The summed E-state index contributed by atoms with van der Waals surface area (Å²) in [4.78, 5) is 4.17. The summed E-state index contributed by atoms with van der Waals surface area (Å²) in [6.07, 6.45) is 1.83. The summed E-state index contributed by atoms with van der Waals surface area (Å²) >= 11 is 0. The SMILES string of the molecule is Cc1cc(Nc2ncn(-c3cc(F)cc(F)c3)n2)cc(C2CCNCC2O)c1. The zero-order valence-electron chi connectivity index (χ0n) is 15.4. The lowest BCUT2D eigenvalue weighted by Gasteiger charge is -2.29. The zero-order valence-corrected chi connectivity index (χ0v) is 15.4. The van der Waals surface area contributed by atoms with E-state index in [0.717, 1.165) is 35.8 Å². The fourth-order valence-corrected chi connectivity index (χ4v) is 3.58. The van der Waals surface area contributed by atoms with Crippen LogP contribution in [0.15, 0.2) is 42.7 Å². The van der Waals surface area contributed by atoms with E-state index in [-0.39, 0.29) is 11.6 Å². The minimum absolute atomic E-state index is 0.0717. The number of hydrogen-bond acceptors (Lipinski definition) is 5. The molecule has 1 aromatic heterocycles. The van der Waals surface area contributed by atoms with E-state index in [1.807, 2.05) is 19.1 Å². The Balaban J connectivity index is 1.57. The number of aromatic nitrogens is 3. The maximum Gasteiger partial charge on any atom is 0.246 e. The van der Waals surface area contributed by atoms with Crippen molar-refractivity contribution in [3.05, 3.63) is 65.5 Å². The van der Waals surface area contributed by atoms with Crippen molar-refractivity contribution >= 4 is 11.6 Å². The Labute approximate surface area is 161 Å². The molecule has 2 atom stereocenters. The predicted molar refractivity (Wildman–Crippen MR) is 102 cm³/mol. The van der Waals surface area contributed by atoms with Gasteiger partial charge in [0.25, 0.3) is 0 Å². The molecule has 6 nitrogen and oxygen atoms in total. The van der Waals surface area contributed by atoms with Crippen LogP contribution in [0.3, 0.4) is 0 Å². The first kappa shape index (κ1) is 18.5. The summed E-state index contributed by atoms with van der Waals surface area (Å²) in [6, 6.07) is 9.19. The largest absolute Gasteiger partial charge is 0.391 e. The van der Waals surface area contributed by atoms with Crippen molar-refractivity contribution < 1.29 is 13.9 Å². The highest BCUT2D eigenvalue weighted by atomic mass is 19.1. The quantitative estimate of drug-likeness (QED) is 0.644. The van der Waals surface area contributed by atoms with Gasteiger partial charge in [0.15, 0.2) is 0 Å². The number of aryl methyl sites for hydroxylation is 1. The molecule has 28 heavy (non-hydrogen) atoms. The van der Waals surface area contributed by atoms with E-state index in [4.69, 9.17) is 0 Å². The molecular weight excluding hydrogens is 364 g/mol. The average molecular weight is 385 g/mol. The molecule has 1 saturated heterocycles. The first-order valence-corrected chi connectivity index (χ1v) is 9.13. The van der Waals surface area contributed by atoms with E-state index in [2.05, 4.69) is 26.8 Å². The van der Waals surface area contributed by atoms with Crippen LogP contribution in [0.4, 0.5) is 20.4 Å². The molecule has 0 radical (unpaired) electrons. The smallest absolute Gasteiger partial charge is 0.246 e. The van der Waals surface area contributed by atoms with E-state index in [9.17, 15) is 13.9 Å². The number of aliphatic hydroxyl groups excluding tert-OH is 1. The molecule has 0 spiro atoms. The zero-order chi connectivity index (χ0) is 19.7. The van der Waals surface area contributed by atoms with Gasteiger partial charge in [-0.3, -0.25) is 0 Å². The summed E-state index contributed by atoms with van der Waals surface area (Å²) < 4.78 is 28.2. The lowest BCUT2D eigenvalue weighted by atomic mass is 9.87. The van der Waals surface area contributed by atoms with Crippen LogP contribution < -0.4 is 10.6 Å². The number of anilines is 2. The molecule has 2 heterocycles. The van der Waals surface area contributed by atoms with Crippen molar-refractivity contribution in [1.29, 1.82) is 0 Å². The number of halogens is 2. The van der Waals surface area contributed by atoms with E-state index in [1.165, 1.54) is 23.1 Å². The van der Waals surface area contributed by atoms with Crippen molar-refractivity contribution in [2.75, 3.05) is 18.4 Å². The Morgan fingerprint density at radius 1 is 1.14 bits per heavy atom. The third-order valence-corrected chi connectivity index (χ3v) is 4.84. The Hall–Kier alpha value is -2.84. The number of hydrogen-bond donors (Lipinski definition) is 3. The summed E-state index contributed by atoms with van der Waals surface area (Å²) in [5.74, 6) is -0.970. The Kier molecular flexibility index (Phi) is 5.06. The average Bonchev–Trinajstić information content (AvgIpc) is 3.09. The van der Waals surface area contributed by atoms with Crippen molar-refractivity contribution in [2.24, 2.45) is 0 Å². The molecule has 1 fully saturated rings. The summed E-state index contributed by atoms with van der Waals surface area (Å²) in [5.41, 5.74) is 3.16. The number of nitrogens with zero attached hydrogens (tertiary/aromatic N) is 3. The molecule has 0 aliphatic carbocycles. The molecule has 1 aliphatic heterocycles. The van der Waals surface area contributed by atoms with Crippen LogP contribution in [0.2, 0.25) is 0 Å². The molecule has 8 heteroatoms. The highest BCUT2D eigenvalue weighted by Gasteiger charge is 2.24. The summed E-state index contributed by atoms with van der Waals surface area (Å²) in [6.45, 7) is 3.44. The number of nitrogens with one attached hydrogen (secondary N) is 2. The van der Waals surface area contributed by atoms with Gasteiger partial charge in [-0.2, -0.15) is 4.98 Å². The fourth-order valence-electron chi connectivity index (χ4n) is 3.58. The normalized spacial score (nSPS) is 19.6. The van der Waals surface area contributed by atoms with E-state index in [1.54, 1.807) is 0 Å². The van der Waals surface area contributed by atoms with Crippen molar-refractivity contribution in [2.45, 2.75) is 25.4 Å². The Morgan fingerprint density at radius 2 is 1.93 bits per heavy atom. The maximum absolute atomic E-state index is 13.4. The molecule has 3 N–H and O–H groups in total. The molecule has 146 valence electrons. The van der Waals surface area contributed by atoms with Gasteiger partial charge >= 0.3 is 0 Å². The van der Waals surface area contributed by atoms with Crippen molar-refractivity contribution in [3.63, 3.8) is 0 Å². The number of aliphatic hydroxyl groups is 1. The van der Waals surface area contributed by atoms with Gasteiger partial charge in [-0.15, -0.1) is 5.10 Å². The number of piperidine rings is 1. The van der Waals surface area contributed by atoms with Crippen LogP contribution >= 0.6 is 0 Å². The van der Waals surface area contributed by atoms with Gasteiger partial charge in [0, 0.05) is 24.2 Å². The monoisotopic (exact) mass is 385 g/mol. The molecule has 3 aromatic rings. The third kappa shape index (κ3) is 4.02. The second-order valence-electron chi connectivity index (χ2n) is 7.06.